The van der Waals surface area contributed by atoms with Crippen LogP contribution in [0.4, 0.5) is 0 Å². The Hall–Kier alpha value is -1.10. The fourth-order valence-electron chi connectivity index (χ4n) is 3.31. The van der Waals surface area contributed by atoms with E-state index in [9.17, 15) is 9.59 Å². The quantitative estimate of drug-likeness (QED) is 0.844. The average molecular weight is 295 g/mol. The van der Waals surface area contributed by atoms with Gasteiger partial charge in [0.05, 0.1) is 0 Å². The first-order valence-electron chi connectivity index (χ1n) is 8.16. The molecule has 0 aromatic rings. The molecule has 1 N–H and O–H groups in total. The molecule has 120 valence electrons. The van der Waals surface area contributed by atoms with Crippen LogP contribution in [0.2, 0.25) is 0 Å². The molecule has 0 bridgehead atoms. The summed E-state index contributed by atoms with van der Waals surface area (Å²) in [5, 5.41) is 2.86. The molecule has 2 saturated heterocycles. The highest BCUT2D eigenvalue weighted by atomic mass is 16.2. The summed E-state index contributed by atoms with van der Waals surface area (Å²) in [6, 6.07) is -0.159. The van der Waals surface area contributed by atoms with Gasteiger partial charge in [-0.25, -0.2) is 0 Å². The SMILES string of the molecule is CC(C)C1NC(=O)C(C)N(CC2CCN(C(C)C)C2)C1=O. The molecule has 5 nitrogen and oxygen atoms in total. The Labute approximate surface area is 128 Å². The van der Waals surface area contributed by atoms with Gasteiger partial charge in [0.2, 0.25) is 11.8 Å². The van der Waals surface area contributed by atoms with E-state index in [4.69, 9.17) is 0 Å². The van der Waals surface area contributed by atoms with Crippen molar-refractivity contribution in [3.8, 4) is 0 Å². The van der Waals surface area contributed by atoms with Gasteiger partial charge in [-0.3, -0.25) is 9.59 Å². The Bertz CT molecular complexity index is 408. The minimum absolute atomic E-state index is 0.0213. The minimum atomic E-state index is -0.365. The van der Waals surface area contributed by atoms with Gasteiger partial charge in [0.1, 0.15) is 12.1 Å². The van der Waals surface area contributed by atoms with Crippen LogP contribution in [0.15, 0.2) is 0 Å². The van der Waals surface area contributed by atoms with Crippen molar-refractivity contribution in [3.63, 3.8) is 0 Å². The maximum Gasteiger partial charge on any atom is 0.246 e. The van der Waals surface area contributed by atoms with E-state index < -0.39 is 0 Å². The lowest BCUT2D eigenvalue weighted by Crippen LogP contribution is -2.64. The van der Waals surface area contributed by atoms with Crippen molar-refractivity contribution in [2.45, 2.75) is 59.2 Å². The molecule has 2 aliphatic rings. The van der Waals surface area contributed by atoms with Crippen LogP contribution in [-0.2, 0) is 9.59 Å². The number of nitrogens with one attached hydrogen (secondary N) is 1. The van der Waals surface area contributed by atoms with Gasteiger partial charge in [0, 0.05) is 19.1 Å². The molecule has 0 saturated carbocycles. The van der Waals surface area contributed by atoms with Crippen LogP contribution in [0, 0.1) is 11.8 Å². The summed E-state index contributed by atoms with van der Waals surface area (Å²) in [5.41, 5.74) is 0. The van der Waals surface area contributed by atoms with E-state index in [0.29, 0.717) is 18.5 Å². The maximum atomic E-state index is 12.6. The molecule has 2 aliphatic heterocycles. The number of piperazine rings is 1. The standard InChI is InChI=1S/C16H29N3O2/c1-10(2)14-16(21)19(12(5)15(20)17-14)9-13-6-7-18(8-13)11(3)4/h10-14H,6-9H2,1-5H3,(H,17,20). The predicted octanol–water partition coefficient (Wildman–Crippen LogP) is 1.09. The van der Waals surface area contributed by atoms with E-state index in [1.807, 2.05) is 20.8 Å². The van der Waals surface area contributed by atoms with Gasteiger partial charge >= 0.3 is 0 Å². The van der Waals surface area contributed by atoms with Gasteiger partial charge in [-0.1, -0.05) is 13.8 Å². The largest absolute Gasteiger partial charge is 0.342 e. The second kappa shape index (κ2) is 6.34. The van der Waals surface area contributed by atoms with Gasteiger partial charge in [-0.05, 0) is 45.6 Å². The van der Waals surface area contributed by atoms with E-state index in [1.165, 1.54) is 0 Å². The average Bonchev–Trinajstić information content (AvgIpc) is 2.87. The lowest BCUT2D eigenvalue weighted by Gasteiger charge is -2.40. The van der Waals surface area contributed by atoms with Crippen LogP contribution in [-0.4, -0.2) is 59.4 Å². The van der Waals surface area contributed by atoms with Crippen molar-refractivity contribution in [1.82, 2.24) is 15.1 Å². The highest BCUT2D eigenvalue weighted by Crippen LogP contribution is 2.23. The first-order chi connectivity index (χ1) is 9.81. The Balaban J connectivity index is 2.03. The number of hydrogen-bond donors (Lipinski definition) is 1. The number of carbonyl (C=O) groups excluding carboxylic acids is 2. The molecule has 2 rings (SSSR count). The molecule has 0 aliphatic carbocycles. The molecular weight excluding hydrogens is 266 g/mol. The van der Waals surface area contributed by atoms with Crippen LogP contribution in [0.3, 0.4) is 0 Å². The summed E-state index contributed by atoms with van der Waals surface area (Å²) < 4.78 is 0. The molecule has 0 spiro atoms. The molecule has 2 heterocycles. The minimum Gasteiger partial charge on any atom is -0.342 e. The number of hydrogen-bond acceptors (Lipinski definition) is 3. The van der Waals surface area contributed by atoms with E-state index in [-0.39, 0.29) is 29.8 Å². The first-order valence-corrected chi connectivity index (χ1v) is 8.16. The predicted molar refractivity (Wildman–Crippen MR) is 82.8 cm³/mol. The van der Waals surface area contributed by atoms with Crippen LogP contribution >= 0.6 is 0 Å². The molecule has 3 unspecified atom stereocenters. The van der Waals surface area contributed by atoms with Crippen LogP contribution in [0.1, 0.15) is 41.0 Å². The van der Waals surface area contributed by atoms with Gasteiger partial charge in [0.25, 0.3) is 0 Å². The Morgan fingerprint density at radius 1 is 1.24 bits per heavy atom. The van der Waals surface area contributed by atoms with E-state index in [1.54, 1.807) is 4.90 Å². The molecule has 21 heavy (non-hydrogen) atoms. The van der Waals surface area contributed by atoms with Crippen molar-refractivity contribution in [2.75, 3.05) is 19.6 Å². The molecular formula is C16H29N3O2. The van der Waals surface area contributed by atoms with Crippen LogP contribution in [0.5, 0.6) is 0 Å². The van der Waals surface area contributed by atoms with Crippen molar-refractivity contribution >= 4 is 11.8 Å². The van der Waals surface area contributed by atoms with E-state index in [0.717, 1.165) is 19.5 Å². The zero-order chi connectivity index (χ0) is 15.7. The lowest BCUT2D eigenvalue weighted by atomic mass is 9.97. The number of carbonyl (C=O) groups is 2. The third-order valence-corrected chi connectivity index (χ3v) is 4.86. The number of rotatable bonds is 4. The van der Waals surface area contributed by atoms with Gasteiger partial charge in [-0.2, -0.15) is 0 Å². The topological polar surface area (TPSA) is 52.7 Å². The van der Waals surface area contributed by atoms with E-state index >= 15 is 0 Å². The fourth-order valence-corrected chi connectivity index (χ4v) is 3.31. The van der Waals surface area contributed by atoms with Gasteiger partial charge < -0.3 is 15.1 Å². The van der Waals surface area contributed by atoms with Crippen molar-refractivity contribution < 1.29 is 9.59 Å². The Morgan fingerprint density at radius 2 is 1.90 bits per heavy atom. The van der Waals surface area contributed by atoms with Gasteiger partial charge in [-0.15, -0.1) is 0 Å². The monoisotopic (exact) mass is 295 g/mol. The van der Waals surface area contributed by atoms with Crippen molar-refractivity contribution in [1.29, 1.82) is 0 Å². The van der Waals surface area contributed by atoms with Crippen molar-refractivity contribution in [2.24, 2.45) is 11.8 Å². The van der Waals surface area contributed by atoms with Crippen LogP contribution < -0.4 is 5.32 Å². The lowest BCUT2D eigenvalue weighted by molar-refractivity contribution is -0.150. The summed E-state index contributed by atoms with van der Waals surface area (Å²) in [6.45, 7) is 13.0. The molecule has 2 fully saturated rings. The second-order valence-corrected chi connectivity index (χ2v) is 7.14. The number of amides is 2. The van der Waals surface area contributed by atoms with Gasteiger partial charge in [0.15, 0.2) is 0 Å². The highest BCUT2D eigenvalue weighted by molar-refractivity contribution is 5.96. The Kier molecular flexibility index (Phi) is 4.91. The smallest absolute Gasteiger partial charge is 0.246 e. The molecule has 0 aromatic heterocycles. The fraction of sp³-hybridized carbons (Fsp3) is 0.875. The third kappa shape index (κ3) is 3.39. The molecule has 0 radical (unpaired) electrons. The summed E-state index contributed by atoms with van der Waals surface area (Å²) in [6.07, 6.45) is 1.11. The summed E-state index contributed by atoms with van der Waals surface area (Å²) >= 11 is 0. The summed E-state index contributed by atoms with van der Waals surface area (Å²) in [5.74, 6) is 0.678. The Morgan fingerprint density at radius 3 is 2.43 bits per heavy atom. The number of likely N-dealkylation sites (tertiary alicyclic amines) is 1. The number of nitrogens with zero attached hydrogens (tertiary/aromatic N) is 2. The summed E-state index contributed by atoms with van der Waals surface area (Å²) in [7, 11) is 0. The maximum absolute atomic E-state index is 12.6. The molecule has 3 atom stereocenters. The third-order valence-electron chi connectivity index (χ3n) is 4.86. The molecule has 5 heteroatoms. The zero-order valence-corrected chi connectivity index (χ0v) is 13.9. The van der Waals surface area contributed by atoms with Crippen molar-refractivity contribution in [3.05, 3.63) is 0 Å². The van der Waals surface area contributed by atoms with E-state index in [2.05, 4.69) is 24.1 Å². The first kappa shape index (κ1) is 16.3. The van der Waals surface area contributed by atoms with Crippen LogP contribution in [0.25, 0.3) is 0 Å². The second-order valence-electron chi connectivity index (χ2n) is 7.14. The summed E-state index contributed by atoms with van der Waals surface area (Å²) in [4.78, 5) is 29.0. The zero-order valence-electron chi connectivity index (χ0n) is 13.9. The molecule has 2 amide bonds. The molecule has 0 aromatic carbocycles. The normalized spacial score (nSPS) is 31.4. The highest BCUT2D eigenvalue weighted by Gasteiger charge is 2.40.